The Hall–Kier alpha value is -4.37. The minimum atomic E-state index is -4.66. The lowest BCUT2D eigenvalue weighted by Crippen LogP contribution is -2.55. The van der Waals surface area contributed by atoms with Crippen LogP contribution in [0.1, 0.15) is 35.2 Å². The number of primary amides is 1. The van der Waals surface area contributed by atoms with Crippen molar-refractivity contribution in [2.75, 3.05) is 32.6 Å². The Balaban J connectivity index is 2.33. The van der Waals surface area contributed by atoms with Crippen molar-refractivity contribution in [3.8, 4) is 6.07 Å². The van der Waals surface area contributed by atoms with Crippen molar-refractivity contribution >= 4 is 23.6 Å². The van der Waals surface area contributed by atoms with Gasteiger partial charge >= 0.3 is 18.2 Å². The molecular weight excluding hydrogens is 501 g/mol. The second-order valence-corrected chi connectivity index (χ2v) is 8.89. The van der Waals surface area contributed by atoms with Crippen molar-refractivity contribution in [1.29, 1.82) is 10.7 Å². The molecule has 3 rings (SSSR count). The van der Waals surface area contributed by atoms with Crippen LogP contribution in [0.3, 0.4) is 0 Å². The average molecular weight is 529 g/mol. The summed E-state index contributed by atoms with van der Waals surface area (Å²) < 4.78 is 45.3. The van der Waals surface area contributed by atoms with Gasteiger partial charge in [-0.2, -0.15) is 18.4 Å². The minimum absolute atomic E-state index is 0.0875. The molecule has 2 aromatic carbocycles. The number of allylic oxidation sites excluding steroid dienone is 1. The van der Waals surface area contributed by atoms with E-state index in [-0.39, 0.29) is 17.0 Å². The van der Waals surface area contributed by atoms with Crippen molar-refractivity contribution in [3.05, 3.63) is 76.0 Å². The third kappa shape index (κ3) is 5.47. The quantitative estimate of drug-likeness (QED) is 0.546. The molecule has 200 valence electrons. The summed E-state index contributed by atoms with van der Waals surface area (Å²) in [5.74, 6) is -1.40. The zero-order valence-corrected chi connectivity index (χ0v) is 21.3. The van der Waals surface area contributed by atoms with E-state index in [1.807, 2.05) is 19.0 Å². The van der Waals surface area contributed by atoms with Crippen molar-refractivity contribution in [3.63, 3.8) is 0 Å². The van der Waals surface area contributed by atoms with E-state index < -0.39 is 35.7 Å². The molecule has 0 unspecified atom stereocenters. The number of nitriles is 1. The molecule has 1 aliphatic heterocycles. The third-order valence-corrected chi connectivity index (χ3v) is 6.17. The molecule has 1 atom stereocenters. The van der Waals surface area contributed by atoms with Crippen LogP contribution in [0.2, 0.25) is 0 Å². The Morgan fingerprint density at radius 3 is 2.45 bits per heavy atom. The zero-order valence-electron chi connectivity index (χ0n) is 21.3. The number of nitrogens with zero attached hydrogens (tertiary/aromatic N) is 4. The number of nitrogens with one attached hydrogen (secondary N) is 1. The highest BCUT2D eigenvalue weighted by atomic mass is 19.4. The van der Waals surface area contributed by atoms with Gasteiger partial charge in [-0.05, 0) is 68.9 Å². The molecule has 12 heteroatoms. The van der Waals surface area contributed by atoms with Gasteiger partial charge in [0, 0.05) is 17.9 Å². The number of urea groups is 1. The van der Waals surface area contributed by atoms with E-state index in [1.54, 1.807) is 12.1 Å². The molecule has 2 aromatic rings. The number of amides is 2. The third-order valence-electron chi connectivity index (χ3n) is 6.17. The van der Waals surface area contributed by atoms with Crippen LogP contribution in [0.25, 0.3) is 0 Å². The Bertz CT molecular complexity index is 1350. The number of esters is 1. The molecule has 3 N–H and O–H groups in total. The van der Waals surface area contributed by atoms with Gasteiger partial charge in [0.05, 0.1) is 29.9 Å². The average Bonchev–Trinajstić information content (AvgIpc) is 2.86. The van der Waals surface area contributed by atoms with Crippen LogP contribution >= 0.6 is 0 Å². The number of carbonyl (C=O) groups is 2. The maximum Gasteiger partial charge on any atom is 0.416 e. The summed E-state index contributed by atoms with van der Waals surface area (Å²) in [6.45, 7) is 2.02. The molecule has 1 aliphatic rings. The summed E-state index contributed by atoms with van der Waals surface area (Å²) in [6, 6.07) is 8.64. The van der Waals surface area contributed by atoms with Gasteiger partial charge in [0.15, 0.2) is 0 Å². The van der Waals surface area contributed by atoms with Gasteiger partial charge in [0.25, 0.3) is 0 Å². The van der Waals surface area contributed by atoms with Crippen LogP contribution in [0.5, 0.6) is 0 Å². The molecular formula is C26H27F3N6O3. The number of hydrogen-bond acceptors (Lipinski definition) is 6. The highest BCUT2D eigenvalue weighted by molar-refractivity contribution is 6.10. The maximum atomic E-state index is 13.4. The number of halogens is 3. The molecule has 0 aliphatic carbocycles. The fourth-order valence-corrected chi connectivity index (χ4v) is 4.37. The smallest absolute Gasteiger partial charge is 0.416 e. The summed E-state index contributed by atoms with van der Waals surface area (Å²) in [7, 11) is 4.85. The molecule has 0 saturated heterocycles. The molecule has 2 amide bonds. The van der Waals surface area contributed by atoms with Crippen molar-refractivity contribution < 1.29 is 27.5 Å². The lowest BCUT2D eigenvalue weighted by atomic mass is 9.88. The SMILES string of the molecule is COC(=O)C1=C(C)N(c2cccc(C(F)(F)F)c2)C(=N)N(C(N)=O)[C@@H]1c1ccc(C#N)cc1CCN(C)C. The predicted molar refractivity (Wildman–Crippen MR) is 134 cm³/mol. The van der Waals surface area contributed by atoms with Gasteiger partial charge < -0.3 is 15.4 Å². The fourth-order valence-electron chi connectivity index (χ4n) is 4.37. The molecule has 0 aromatic heterocycles. The van der Waals surface area contributed by atoms with Gasteiger partial charge in [-0.15, -0.1) is 0 Å². The van der Waals surface area contributed by atoms with Gasteiger partial charge in [0.1, 0.15) is 6.04 Å². The summed E-state index contributed by atoms with van der Waals surface area (Å²) in [5, 5.41) is 18.3. The summed E-state index contributed by atoms with van der Waals surface area (Å²) in [4.78, 5) is 29.7. The van der Waals surface area contributed by atoms with E-state index in [4.69, 9.17) is 15.9 Å². The van der Waals surface area contributed by atoms with Crippen molar-refractivity contribution in [2.24, 2.45) is 5.73 Å². The maximum absolute atomic E-state index is 13.4. The lowest BCUT2D eigenvalue weighted by molar-refractivity contribution is -0.138. The van der Waals surface area contributed by atoms with Gasteiger partial charge in [-0.25, -0.2) is 9.59 Å². The number of anilines is 1. The number of nitrogens with two attached hydrogens (primary N) is 1. The monoisotopic (exact) mass is 528 g/mol. The summed E-state index contributed by atoms with van der Waals surface area (Å²) >= 11 is 0. The number of rotatable bonds is 6. The molecule has 0 spiro atoms. The first-order valence-electron chi connectivity index (χ1n) is 11.4. The Morgan fingerprint density at radius 2 is 1.89 bits per heavy atom. The Kier molecular flexibility index (Phi) is 8.12. The van der Waals surface area contributed by atoms with Crippen molar-refractivity contribution in [2.45, 2.75) is 25.6 Å². The number of alkyl halides is 3. The number of likely N-dealkylation sites (N-methyl/N-ethyl adjacent to an activating group) is 1. The van der Waals surface area contributed by atoms with Crippen molar-refractivity contribution in [1.82, 2.24) is 9.80 Å². The Morgan fingerprint density at radius 1 is 1.21 bits per heavy atom. The molecule has 0 bridgehead atoms. The first kappa shape index (κ1) is 28.2. The summed E-state index contributed by atoms with van der Waals surface area (Å²) in [6.07, 6.45) is -4.23. The van der Waals surface area contributed by atoms with E-state index in [1.165, 1.54) is 19.1 Å². The van der Waals surface area contributed by atoms with Gasteiger partial charge in [0.2, 0.25) is 5.96 Å². The number of hydrogen-bond donors (Lipinski definition) is 2. The number of ether oxygens (including phenoxy) is 1. The summed E-state index contributed by atoms with van der Waals surface area (Å²) in [5.41, 5.74) is 6.05. The van der Waals surface area contributed by atoms with E-state index in [2.05, 4.69) is 6.07 Å². The number of guanidine groups is 1. The van der Waals surface area contributed by atoms with Gasteiger partial charge in [-0.3, -0.25) is 15.2 Å². The standard InChI is InChI=1S/C26H27F3N6O3/c1-15-21(23(36)38-4)22(20-9-8-16(14-30)12-17(20)10-11-33(2)3)35(25(32)37)24(31)34(15)19-7-5-6-18(13-19)26(27,28)29/h5-9,12-13,22,31H,10-11H2,1-4H3,(H2,32,37)/t22-/m1/s1. The Labute approximate surface area is 218 Å². The molecule has 1 heterocycles. The molecule has 0 radical (unpaired) electrons. The minimum Gasteiger partial charge on any atom is -0.466 e. The normalized spacial score (nSPS) is 16.1. The van der Waals surface area contributed by atoms with E-state index in [9.17, 15) is 28.0 Å². The van der Waals surface area contributed by atoms with Crippen LogP contribution in [-0.4, -0.2) is 55.5 Å². The van der Waals surface area contributed by atoms with Gasteiger partial charge in [-0.1, -0.05) is 12.1 Å². The predicted octanol–water partition coefficient (Wildman–Crippen LogP) is 4.00. The van der Waals surface area contributed by atoms with E-state index >= 15 is 0 Å². The van der Waals surface area contributed by atoms with Crippen LogP contribution < -0.4 is 10.6 Å². The zero-order chi connectivity index (χ0) is 28.4. The molecule has 38 heavy (non-hydrogen) atoms. The number of benzene rings is 2. The second kappa shape index (κ2) is 10.9. The fraction of sp³-hybridized carbons (Fsp3) is 0.308. The number of carbonyl (C=O) groups excluding carboxylic acids is 2. The molecule has 0 saturated carbocycles. The van der Waals surface area contributed by atoms with E-state index in [0.29, 0.717) is 29.7 Å². The van der Waals surface area contributed by atoms with Crippen LogP contribution in [-0.2, 0) is 22.1 Å². The highest BCUT2D eigenvalue weighted by Gasteiger charge is 2.44. The molecule has 0 fully saturated rings. The van der Waals surface area contributed by atoms with E-state index in [0.717, 1.165) is 35.1 Å². The topological polar surface area (TPSA) is 127 Å². The van der Waals surface area contributed by atoms with Crippen LogP contribution in [0, 0.1) is 16.7 Å². The van der Waals surface area contributed by atoms with Crippen LogP contribution in [0.15, 0.2) is 53.7 Å². The first-order chi connectivity index (χ1) is 17.8. The van der Waals surface area contributed by atoms with Crippen LogP contribution in [0.4, 0.5) is 23.7 Å². The largest absolute Gasteiger partial charge is 0.466 e. The highest BCUT2D eigenvalue weighted by Crippen LogP contribution is 2.42. The number of methoxy groups -OCH3 is 1. The molecule has 9 nitrogen and oxygen atoms in total. The first-order valence-corrected chi connectivity index (χ1v) is 11.4. The second-order valence-electron chi connectivity index (χ2n) is 8.89. The lowest BCUT2D eigenvalue weighted by Gasteiger charge is -2.43.